The SMILES string of the molecule is O=C(Nc1ccc(Oc2ccccc2)cc1)Nc1ccc(F)c(F)c1F. The smallest absolute Gasteiger partial charge is 0.323 e. The van der Waals surface area contributed by atoms with Gasteiger partial charge in [-0.25, -0.2) is 18.0 Å². The predicted molar refractivity (Wildman–Crippen MR) is 91.9 cm³/mol. The highest BCUT2D eigenvalue weighted by molar-refractivity contribution is 5.99. The first kappa shape index (κ1) is 17.3. The van der Waals surface area contributed by atoms with Crippen molar-refractivity contribution in [2.45, 2.75) is 0 Å². The van der Waals surface area contributed by atoms with Gasteiger partial charge in [0.25, 0.3) is 0 Å². The zero-order valence-electron chi connectivity index (χ0n) is 13.3. The number of rotatable bonds is 4. The second kappa shape index (κ2) is 7.60. The summed E-state index contributed by atoms with van der Waals surface area (Å²) in [4.78, 5) is 11.9. The maximum Gasteiger partial charge on any atom is 0.323 e. The summed E-state index contributed by atoms with van der Waals surface area (Å²) in [5.41, 5.74) is -0.0589. The van der Waals surface area contributed by atoms with Crippen LogP contribution in [0.3, 0.4) is 0 Å². The van der Waals surface area contributed by atoms with Gasteiger partial charge >= 0.3 is 6.03 Å². The van der Waals surface area contributed by atoms with Crippen molar-refractivity contribution in [2.75, 3.05) is 10.6 Å². The van der Waals surface area contributed by atoms with Gasteiger partial charge in [-0.2, -0.15) is 0 Å². The Hall–Kier alpha value is -3.48. The maximum atomic E-state index is 13.5. The van der Waals surface area contributed by atoms with Gasteiger partial charge in [-0.3, -0.25) is 0 Å². The van der Waals surface area contributed by atoms with Crippen LogP contribution in [0.4, 0.5) is 29.3 Å². The van der Waals surface area contributed by atoms with E-state index >= 15 is 0 Å². The summed E-state index contributed by atoms with van der Waals surface area (Å²) >= 11 is 0. The largest absolute Gasteiger partial charge is 0.457 e. The number of benzene rings is 3. The Labute approximate surface area is 147 Å². The molecule has 0 unspecified atom stereocenters. The van der Waals surface area contributed by atoms with Gasteiger partial charge in [0.15, 0.2) is 17.5 Å². The molecule has 3 aromatic carbocycles. The van der Waals surface area contributed by atoms with Crippen LogP contribution in [-0.2, 0) is 0 Å². The van der Waals surface area contributed by atoms with Crippen LogP contribution in [-0.4, -0.2) is 6.03 Å². The second-order valence-corrected chi connectivity index (χ2v) is 5.24. The van der Waals surface area contributed by atoms with Gasteiger partial charge in [0.2, 0.25) is 0 Å². The molecule has 3 rings (SSSR count). The molecule has 26 heavy (non-hydrogen) atoms. The Balaban J connectivity index is 1.62. The monoisotopic (exact) mass is 358 g/mol. The van der Waals surface area contributed by atoms with Crippen molar-refractivity contribution < 1.29 is 22.7 Å². The quantitative estimate of drug-likeness (QED) is 0.602. The van der Waals surface area contributed by atoms with E-state index in [1.165, 1.54) is 0 Å². The Morgan fingerprint density at radius 3 is 2.08 bits per heavy atom. The van der Waals surface area contributed by atoms with Gasteiger partial charge in [-0.05, 0) is 48.5 Å². The van der Waals surface area contributed by atoms with Crippen molar-refractivity contribution in [3.8, 4) is 11.5 Å². The third-order valence-corrected chi connectivity index (χ3v) is 3.37. The summed E-state index contributed by atoms with van der Waals surface area (Å²) in [5.74, 6) is -3.21. The first-order chi connectivity index (χ1) is 12.5. The zero-order chi connectivity index (χ0) is 18.5. The Kier molecular flexibility index (Phi) is 5.07. The molecule has 2 amide bonds. The number of amides is 2. The van der Waals surface area contributed by atoms with E-state index in [-0.39, 0.29) is 0 Å². The topological polar surface area (TPSA) is 50.4 Å². The molecular formula is C19H13F3N2O2. The molecule has 7 heteroatoms. The number of ether oxygens (including phenoxy) is 1. The molecule has 2 N–H and O–H groups in total. The molecule has 0 saturated heterocycles. The molecule has 0 bridgehead atoms. The maximum absolute atomic E-state index is 13.5. The van der Waals surface area contributed by atoms with Crippen molar-refractivity contribution in [2.24, 2.45) is 0 Å². The fraction of sp³-hybridized carbons (Fsp3) is 0. The Morgan fingerprint density at radius 2 is 1.38 bits per heavy atom. The van der Waals surface area contributed by atoms with E-state index in [4.69, 9.17) is 4.74 Å². The number of nitrogens with one attached hydrogen (secondary N) is 2. The van der Waals surface area contributed by atoms with E-state index in [9.17, 15) is 18.0 Å². The van der Waals surface area contributed by atoms with Gasteiger partial charge < -0.3 is 15.4 Å². The molecule has 0 atom stereocenters. The first-order valence-corrected chi connectivity index (χ1v) is 7.57. The minimum absolute atomic E-state index is 0.408. The van der Waals surface area contributed by atoms with Crippen LogP contribution in [0.25, 0.3) is 0 Å². The Morgan fingerprint density at radius 1 is 0.731 bits per heavy atom. The lowest BCUT2D eigenvalue weighted by atomic mass is 10.3. The number of carbonyl (C=O) groups is 1. The molecule has 0 aliphatic heterocycles. The first-order valence-electron chi connectivity index (χ1n) is 7.57. The highest BCUT2D eigenvalue weighted by Gasteiger charge is 2.15. The van der Waals surface area contributed by atoms with Crippen LogP contribution >= 0.6 is 0 Å². The lowest BCUT2D eigenvalue weighted by molar-refractivity contribution is 0.262. The lowest BCUT2D eigenvalue weighted by Gasteiger charge is -2.10. The molecule has 0 aliphatic carbocycles. The zero-order valence-corrected chi connectivity index (χ0v) is 13.3. The number of hydrogen-bond acceptors (Lipinski definition) is 2. The molecule has 4 nitrogen and oxygen atoms in total. The third-order valence-electron chi connectivity index (χ3n) is 3.37. The van der Waals surface area contributed by atoms with Gasteiger partial charge in [-0.15, -0.1) is 0 Å². The third kappa shape index (κ3) is 4.13. The van der Waals surface area contributed by atoms with Gasteiger partial charge in [0.1, 0.15) is 11.5 Å². The summed E-state index contributed by atoms with van der Waals surface area (Å²) in [6, 6.07) is 16.5. The minimum atomic E-state index is -1.65. The van der Waals surface area contributed by atoms with Crippen molar-refractivity contribution in [1.82, 2.24) is 0 Å². The molecule has 0 aliphatic rings. The standard InChI is InChI=1S/C19H13F3N2O2/c20-15-10-11-16(18(22)17(15)21)24-19(25)23-12-6-8-14(9-7-12)26-13-4-2-1-3-5-13/h1-11H,(H2,23,24,25). The molecule has 0 aromatic heterocycles. The predicted octanol–water partition coefficient (Wildman–Crippen LogP) is 5.54. The van der Waals surface area contributed by atoms with E-state index in [0.717, 1.165) is 12.1 Å². The van der Waals surface area contributed by atoms with Crippen molar-refractivity contribution >= 4 is 17.4 Å². The molecule has 132 valence electrons. The van der Waals surface area contributed by atoms with Crippen LogP contribution in [0.5, 0.6) is 11.5 Å². The summed E-state index contributed by atoms with van der Waals surface area (Å²) < 4.78 is 45.2. The van der Waals surface area contributed by atoms with Crippen LogP contribution in [0.1, 0.15) is 0 Å². The van der Waals surface area contributed by atoms with Crippen molar-refractivity contribution in [3.05, 3.63) is 84.2 Å². The van der Waals surface area contributed by atoms with Crippen molar-refractivity contribution in [1.29, 1.82) is 0 Å². The Bertz CT molecular complexity index is 916. The number of para-hydroxylation sites is 1. The average Bonchev–Trinajstić information content (AvgIpc) is 2.65. The van der Waals surface area contributed by atoms with E-state index in [2.05, 4.69) is 10.6 Å². The van der Waals surface area contributed by atoms with E-state index in [0.29, 0.717) is 17.2 Å². The molecule has 0 fully saturated rings. The van der Waals surface area contributed by atoms with E-state index in [1.807, 2.05) is 18.2 Å². The van der Waals surface area contributed by atoms with Crippen LogP contribution < -0.4 is 15.4 Å². The molecule has 0 heterocycles. The number of hydrogen-bond donors (Lipinski definition) is 2. The highest BCUT2D eigenvalue weighted by Crippen LogP contribution is 2.23. The number of halogens is 3. The number of urea groups is 1. The summed E-state index contributed by atoms with van der Waals surface area (Å²) in [7, 11) is 0. The summed E-state index contributed by atoms with van der Waals surface area (Å²) in [5, 5.41) is 4.57. The molecule has 0 radical (unpaired) electrons. The van der Waals surface area contributed by atoms with Gasteiger partial charge in [0.05, 0.1) is 5.69 Å². The van der Waals surface area contributed by atoms with Gasteiger partial charge in [0, 0.05) is 5.69 Å². The van der Waals surface area contributed by atoms with E-state index in [1.54, 1.807) is 36.4 Å². The number of anilines is 2. The molecule has 0 spiro atoms. The summed E-state index contributed by atoms with van der Waals surface area (Å²) in [6.07, 6.45) is 0. The molecular weight excluding hydrogens is 345 g/mol. The fourth-order valence-electron chi connectivity index (χ4n) is 2.14. The minimum Gasteiger partial charge on any atom is -0.457 e. The van der Waals surface area contributed by atoms with Gasteiger partial charge in [-0.1, -0.05) is 18.2 Å². The average molecular weight is 358 g/mol. The fourth-order valence-corrected chi connectivity index (χ4v) is 2.14. The molecule has 0 saturated carbocycles. The lowest BCUT2D eigenvalue weighted by Crippen LogP contribution is -2.20. The van der Waals surface area contributed by atoms with Crippen molar-refractivity contribution in [3.63, 3.8) is 0 Å². The van der Waals surface area contributed by atoms with E-state index < -0.39 is 29.2 Å². The van der Waals surface area contributed by atoms with Crippen LogP contribution in [0.2, 0.25) is 0 Å². The normalized spacial score (nSPS) is 10.3. The van der Waals surface area contributed by atoms with Crippen LogP contribution in [0, 0.1) is 17.5 Å². The van der Waals surface area contributed by atoms with Crippen LogP contribution in [0.15, 0.2) is 66.7 Å². The molecule has 3 aromatic rings. The highest BCUT2D eigenvalue weighted by atomic mass is 19.2. The second-order valence-electron chi connectivity index (χ2n) is 5.24. The number of carbonyl (C=O) groups excluding carboxylic acids is 1. The summed E-state index contributed by atoms with van der Waals surface area (Å²) in [6.45, 7) is 0.